The monoisotopic (exact) mass is 600 g/mol. The molecule has 0 radical (unpaired) electrons. The molecule has 2 saturated heterocycles. The van der Waals surface area contributed by atoms with Crippen LogP contribution >= 0.6 is 24.6 Å². The molecule has 2 aliphatic rings. The second-order valence-electron chi connectivity index (χ2n) is 9.69. The highest BCUT2D eigenvalue weighted by Gasteiger charge is 2.51. The molecule has 0 aliphatic carbocycles. The number of aryl methyl sites for hydroxylation is 1. The van der Waals surface area contributed by atoms with Gasteiger partial charge in [-0.15, -0.1) is 12.4 Å². The lowest BCUT2D eigenvalue weighted by Crippen LogP contribution is -2.45. The molecule has 2 fully saturated rings. The Morgan fingerprint density at radius 2 is 1.90 bits per heavy atom. The van der Waals surface area contributed by atoms with Crippen LogP contribution in [0.2, 0.25) is 0 Å². The number of carbonyl (C=O) groups excluding carboxylic acids is 1. The van der Waals surface area contributed by atoms with Gasteiger partial charge in [0.15, 0.2) is 10.8 Å². The van der Waals surface area contributed by atoms with Gasteiger partial charge in [-0.05, 0) is 55.9 Å². The van der Waals surface area contributed by atoms with Crippen LogP contribution in [0, 0.1) is 11.3 Å². The van der Waals surface area contributed by atoms with Gasteiger partial charge in [-0.3, -0.25) is 19.0 Å². The Morgan fingerprint density at radius 1 is 1.20 bits per heavy atom. The minimum absolute atomic E-state index is 0. The van der Waals surface area contributed by atoms with Crippen LogP contribution in [0.3, 0.4) is 0 Å². The highest BCUT2D eigenvalue weighted by molar-refractivity contribution is 7.81. The number of carbonyl (C=O) groups is 1. The predicted molar refractivity (Wildman–Crippen MR) is 149 cm³/mol. The number of nitriles is 1. The normalized spacial score (nSPS) is 17.5. The molecule has 40 heavy (non-hydrogen) atoms. The number of ether oxygens (including phenoxy) is 1. The molecule has 14 heteroatoms. The van der Waals surface area contributed by atoms with Crippen LogP contribution in [0.5, 0.6) is 5.75 Å². The Bertz CT molecular complexity index is 1300. The van der Waals surface area contributed by atoms with Gasteiger partial charge < -0.3 is 15.0 Å². The maximum atomic E-state index is 13.6. The molecule has 0 bridgehead atoms. The van der Waals surface area contributed by atoms with Gasteiger partial charge in [-0.2, -0.15) is 18.4 Å². The molecule has 1 N–H and O–H groups in total. The number of benzene rings is 1. The van der Waals surface area contributed by atoms with E-state index >= 15 is 0 Å². The molecule has 1 aromatic heterocycles. The average Bonchev–Trinajstić information content (AvgIpc) is 3.08. The highest BCUT2D eigenvalue weighted by atomic mass is 35.5. The number of nitrogens with one attached hydrogen (secondary N) is 1. The fraction of sp³-hybridized carbons (Fsp3) is 0.462. The fourth-order valence-electron chi connectivity index (χ4n) is 4.70. The van der Waals surface area contributed by atoms with E-state index in [1.807, 2.05) is 0 Å². The van der Waals surface area contributed by atoms with Crippen molar-refractivity contribution in [3.63, 3.8) is 0 Å². The lowest BCUT2D eigenvalue weighted by molar-refractivity contribution is -0.138. The summed E-state index contributed by atoms with van der Waals surface area (Å²) >= 11 is 5.57. The summed E-state index contributed by atoms with van der Waals surface area (Å²) in [5, 5.41) is 12.3. The van der Waals surface area contributed by atoms with Crippen molar-refractivity contribution in [1.82, 2.24) is 15.2 Å². The fourth-order valence-corrected chi connectivity index (χ4v) is 5.22. The Hall–Kier alpha value is -3.05. The van der Waals surface area contributed by atoms with Crippen LogP contribution in [0.1, 0.15) is 30.7 Å². The first kappa shape index (κ1) is 31.5. The summed E-state index contributed by atoms with van der Waals surface area (Å²) in [6.07, 6.45) is -3.76. The number of aromatic nitrogens is 1. The zero-order chi connectivity index (χ0) is 28.4. The molecule has 2 aromatic rings. The zero-order valence-electron chi connectivity index (χ0n) is 21.9. The van der Waals surface area contributed by atoms with E-state index in [0.29, 0.717) is 29.7 Å². The highest BCUT2D eigenvalue weighted by Crippen LogP contribution is 2.40. The van der Waals surface area contributed by atoms with Crippen molar-refractivity contribution in [2.24, 2.45) is 0 Å². The molecule has 2 aliphatic heterocycles. The van der Waals surface area contributed by atoms with Gasteiger partial charge in [0.2, 0.25) is 0 Å². The third-order valence-corrected chi connectivity index (χ3v) is 7.12. The van der Waals surface area contributed by atoms with Crippen LogP contribution in [-0.4, -0.2) is 72.4 Å². The van der Waals surface area contributed by atoms with Crippen LogP contribution in [0.4, 0.5) is 28.9 Å². The van der Waals surface area contributed by atoms with Gasteiger partial charge in [0.1, 0.15) is 24.0 Å². The summed E-state index contributed by atoms with van der Waals surface area (Å²) in [7, 11) is 0. The lowest BCUT2D eigenvalue weighted by atomic mass is 10.0. The molecule has 1 amide bonds. The summed E-state index contributed by atoms with van der Waals surface area (Å²) in [5.74, 6) is -0.0562. The Labute approximate surface area is 241 Å². The minimum Gasteiger partial charge on any atom is -0.492 e. The molecule has 4 rings (SSSR count). The number of rotatable bonds is 8. The standard InChI is InChI=1S/C26H28F4N6O2S.ClH/c1-25(2)23(37)35(19-14-20(26(28,29)30)21(15-31)33-16-19)24(39)36(25)18-3-4-22(17(13-18)5-6-27)38-12-11-34-9-7-32-8-10-34;/h3-4,13-14,16,32H,5-12H2,1-2H3;1H. The molecule has 0 atom stereocenters. The van der Waals surface area contributed by atoms with Gasteiger partial charge in [-0.1, -0.05) is 0 Å². The molecular formula is C26H29ClF4N6O2S. The zero-order valence-corrected chi connectivity index (χ0v) is 23.6. The summed E-state index contributed by atoms with van der Waals surface area (Å²) in [6.45, 7) is 7.38. The van der Waals surface area contributed by atoms with E-state index in [9.17, 15) is 22.4 Å². The quantitative estimate of drug-likeness (QED) is 0.358. The summed E-state index contributed by atoms with van der Waals surface area (Å²) in [6, 6.07) is 7.18. The summed E-state index contributed by atoms with van der Waals surface area (Å²) in [4.78, 5) is 21.8. The first-order chi connectivity index (χ1) is 18.5. The van der Waals surface area contributed by atoms with E-state index in [2.05, 4.69) is 15.2 Å². The SMILES string of the molecule is CC1(C)C(=O)N(c2cnc(C#N)c(C(F)(F)F)c2)C(=S)N1c1ccc(OCCN2CCNCC2)c(CCF)c1.Cl. The maximum Gasteiger partial charge on any atom is 0.419 e. The van der Waals surface area contributed by atoms with Crippen LogP contribution in [0.25, 0.3) is 0 Å². The molecule has 0 unspecified atom stereocenters. The molecular weight excluding hydrogens is 572 g/mol. The van der Waals surface area contributed by atoms with Gasteiger partial charge in [0.05, 0.1) is 24.1 Å². The van der Waals surface area contributed by atoms with Crippen molar-refractivity contribution in [2.45, 2.75) is 32.0 Å². The summed E-state index contributed by atoms with van der Waals surface area (Å²) in [5.41, 5.74) is -2.49. The van der Waals surface area contributed by atoms with E-state index < -0.39 is 35.6 Å². The van der Waals surface area contributed by atoms with Gasteiger partial charge in [0.25, 0.3) is 5.91 Å². The van der Waals surface area contributed by atoms with Crippen molar-refractivity contribution >= 4 is 47.0 Å². The second-order valence-corrected chi connectivity index (χ2v) is 10.1. The van der Waals surface area contributed by atoms with Crippen LogP contribution in [0.15, 0.2) is 30.5 Å². The first-order valence-corrected chi connectivity index (χ1v) is 12.8. The van der Waals surface area contributed by atoms with Crippen molar-refractivity contribution < 1.29 is 27.1 Å². The number of piperazine rings is 1. The number of anilines is 2. The van der Waals surface area contributed by atoms with Crippen molar-refractivity contribution in [1.29, 1.82) is 5.26 Å². The molecule has 0 spiro atoms. The lowest BCUT2D eigenvalue weighted by Gasteiger charge is -2.30. The Balaban J connectivity index is 0.00000441. The first-order valence-electron chi connectivity index (χ1n) is 12.4. The molecule has 8 nitrogen and oxygen atoms in total. The largest absolute Gasteiger partial charge is 0.492 e. The van der Waals surface area contributed by atoms with E-state index in [4.69, 9.17) is 22.2 Å². The number of nitrogens with zero attached hydrogens (tertiary/aromatic N) is 5. The Kier molecular flexibility index (Phi) is 9.94. The smallest absolute Gasteiger partial charge is 0.419 e. The topological polar surface area (TPSA) is 84.7 Å². The van der Waals surface area contributed by atoms with E-state index in [1.165, 1.54) is 11.0 Å². The summed E-state index contributed by atoms with van der Waals surface area (Å²) < 4.78 is 60.1. The minimum atomic E-state index is -4.85. The van der Waals surface area contributed by atoms with Gasteiger partial charge >= 0.3 is 6.18 Å². The molecule has 216 valence electrons. The average molecular weight is 601 g/mol. The van der Waals surface area contributed by atoms with Gasteiger partial charge in [0, 0.05) is 44.8 Å². The number of halogens is 5. The van der Waals surface area contributed by atoms with E-state index in [1.54, 1.807) is 32.0 Å². The number of hydrogen-bond acceptors (Lipinski definition) is 7. The van der Waals surface area contributed by atoms with Crippen molar-refractivity contribution in [3.8, 4) is 11.8 Å². The van der Waals surface area contributed by atoms with E-state index in [-0.39, 0.29) is 29.6 Å². The number of amides is 1. The van der Waals surface area contributed by atoms with Crippen molar-refractivity contribution in [2.75, 3.05) is 55.8 Å². The molecule has 1 aromatic carbocycles. The number of thiocarbonyl (C=S) groups is 1. The predicted octanol–water partition coefficient (Wildman–Crippen LogP) is 4.11. The van der Waals surface area contributed by atoms with Gasteiger partial charge in [-0.25, -0.2) is 4.98 Å². The van der Waals surface area contributed by atoms with Crippen LogP contribution in [-0.2, 0) is 17.4 Å². The third-order valence-electron chi connectivity index (χ3n) is 6.75. The Morgan fingerprint density at radius 3 is 2.52 bits per heavy atom. The number of pyridine rings is 1. The van der Waals surface area contributed by atoms with Crippen molar-refractivity contribution in [3.05, 3.63) is 47.3 Å². The number of alkyl halides is 4. The van der Waals surface area contributed by atoms with E-state index in [0.717, 1.165) is 43.8 Å². The maximum absolute atomic E-state index is 13.6. The third kappa shape index (κ3) is 6.30. The number of hydrogen-bond donors (Lipinski definition) is 1. The molecule has 3 heterocycles. The van der Waals surface area contributed by atoms with Crippen LogP contribution < -0.4 is 19.9 Å². The molecule has 0 saturated carbocycles. The second kappa shape index (κ2) is 12.6.